The molecule has 2 aromatic rings. The van der Waals surface area contributed by atoms with Crippen molar-refractivity contribution in [2.24, 2.45) is 0 Å². The number of rotatable bonds is 5. The highest BCUT2D eigenvalue weighted by atomic mass is 79.9. The van der Waals surface area contributed by atoms with Gasteiger partial charge < -0.3 is 4.90 Å². The number of hydrogen-bond donors (Lipinski definition) is 0. The lowest BCUT2D eigenvalue weighted by molar-refractivity contribution is -0.385. The van der Waals surface area contributed by atoms with Crippen LogP contribution in [0, 0.1) is 10.1 Å². The predicted octanol–water partition coefficient (Wildman–Crippen LogP) is 2.90. The molecule has 1 aliphatic rings. The number of hydrogen-bond acceptors (Lipinski definition) is 5. The molecule has 0 N–H and O–H groups in total. The molecule has 0 radical (unpaired) electrons. The van der Waals surface area contributed by atoms with E-state index >= 15 is 0 Å². The molecule has 0 aliphatic carbocycles. The van der Waals surface area contributed by atoms with E-state index in [2.05, 4.69) is 15.9 Å². The summed E-state index contributed by atoms with van der Waals surface area (Å²) in [4.78, 5) is 24.7. The van der Waals surface area contributed by atoms with Crippen LogP contribution < -0.4 is 0 Å². The highest BCUT2D eigenvalue weighted by Crippen LogP contribution is 2.22. The lowest BCUT2D eigenvalue weighted by atomic mass is 10.1. The minimum absolute atomic E-state index is 0.0820. The first-order valence-corrected chi connectivity index (χ1v) is 11.0. The highest BCUT2D eigenvalue weighted by Gasteiger charge is 2.29. The number of carbonyl (C=O) groups is 1. The number of sulfonamides is 1. The van der Waals surface area contributed by atoms with Crippen molar-refractivity contribution >= 4 is 43.6 Å². The van der Waals surface area contributed by atoms with E-state index in [4.69, 9.17) is 0 Å². The Morgan fingerprint density at radius 1 is 1.07 bits per heavy atom. The lowest BCUT2D eigenvalue weighted by Gasteiger charge is -2.33. The van der Waals surface area contributed by atoms with Gasteiger partial charge in [0.05, 0.1) is 15.4 Å². The average molecular weight is 480 g/mol. The summed E-state index contributed by atoms with van der Waals surface area (Å²) < 4.78 is 27.5. The van der Waals surface area contributed by atoms with Crippen LogP contribution in [0.4, 0.5) is 5.69 Å². The van der Waals surface area contributed by atoms with Crippen LogP contribution in [0.1, 0.15) is 5.56 Å². The van der Waals surface area contributed by atoms with Crippen molar-refractivity contribution in [3.8, 4) is 0 Å². The summed E-state index contributed by atoms with van der Waals surface area (Å²) in [5.41, 5.74) is 0.253. The summed E-state index contributed by atoms with van der Waals surface area (Å²) >= 11 is 3.27. The summed E-state index contributed by atoms with van der Waals surface area (Å²) in [6, 6.07) is 12.6. The minimum atomic E-state index is -3.63. The number of nitro benzene ring substituents is 1. The number of amides is 1. The second-order valence-corrected chi connectivity index (χ2v) is 9.19. The summed E-state index contributed by atoms with van der Waals surface area (Å²) in [5.74, 6) is -0.317. The van der Waals surface area contributed by atoms with E-state index in [1.54, 1.807) is 36.4 Å². The van der Waals surface area contributed by atoms with Gasteiger partial charge in [0, 0.05) is 42.8 Å². The van der Waals surface area contributed by atoms with Gasteiger partial charge in [0.2, 0.25) is 15.9 Å². The molecule has 1 fully saturated rings. The number of para-hydroxylation sites is 1. The first-order chi connectivity index (χ1) is 13.8. The molecular formula is C19H18BrN3O5S. The summed E-state index contributed by atoms with van der Waals surface area (Å²) in [5, 5.41) is 11.0. The SMILES string of the molecule is O=C(/C=C/c1ccccc1[N+](=O)[O-])N1CCN(S(=O)(=O)c2cccc(Br)c2)CC1. The topological polar surface area (TPSA) is 101 Å². The Bertz CT molecular complexity index is 1060. The van der Waals surface area contributed by atoms with Gasteiger partial charge in [-0.25, -0.2) is 8.42 Å². The van der Waals surface area contributed by atoms with Gasteiger partial charge in [-0.1, -0.05) is 34.1 Å². The zero-order chi connectivity index (χ0) is 21.0. The molecule has 0 atom stereocenters. The molecular weight excluding hydrogens is 462 g/mol. The average Bonchev–Trinajstić information content (AvgIpc) is 2.72. The van der Waals surface area contributed by atoms with Crippen LogP contribution in [-0.4, -0.2) is 54.6 Å². The maximum atomic E-state index is 12.8. The fraction of sp³-hybridized carbons (Fsp3) is 0.211. The van der Waals surface area contributed by atoms with Crippen LogP contribution >= 0.6 is 15.9 Å². The second-order valence-electron chi connectivity index (χ2n) is 6.34. The zero-order valence-electron chi connectivity index (χ0n) is 15.3. The molecule has 1 amide bonds. The van der Waals surface area contributed by atoms with Crippen LogP contribution in [0.2, 0.25) is 0 Å². The van der Waals surface area contributed by atoms with Gasteiger partial charge >= 0.3 is 0 Å². The first kappa shape index (κ1) is 21.2. The Hall–Kier alpha value is -2.56. The molecule has 1 aliphatic heterocycles. The molecule has 0 spiro atoms. The minimum Gasteiger partial charge on any atom is -0.337 e. The smallest absolute Gasteiger partial charge is 0.276 e. The van der Waals surface area contributed by atoms with E-state index in [1.807, 2.05) is 0 Å². The molecule has 1 saturated heterocycles. The lowest BCUT2D eigenvalue weighted by Crippen LogP contribution is -2.50. The van der Waals surface area contributed by atoms with Crippen LogP contribution in [0.15, 0.2) is 64.0 Å². The monoisotopic (exact) mass is 479 g/mol. The van der Waals surface area contributed by atoms with Gasteiger partial charge in [0.1, 0.15) is 0 Å². The molecule has 3 rings (SSSR count). The van der Waals surface area contributed by atoms with Crippen molar-refractivity contribution in [3.63, 3.8) is 0 Å². The number of halogens is 1. The van der Waals surface area contributed by atoms with Crippen LogP contribution in [0.5, 0.6) is 0 Å². The third-order valence-electron chi connectivity index (χ3n) is 4.52. The molecule has 10 heteroatoms. The van der Waals surface area contributed by atoms with Crippen molar-refractivity contribution < 1.29 is 18.1 Å². The van der Waals surface area contributed by atoms with Crippen molar-refractivity contribution in [3.05, 3.63) is 74.8 Å². The second kappa shape index (κ2) is 8.85. The Morgan fingerprint density at radius 3 is 2.41 bits per heavy atom. The third kappa shape index (κ3) is 4.89. The van der Waals surface area contributed by atoms with Gasteiger partial charge in [-0.3, -0.25) is 14.9 Å². The maximum absolute atomic E-state index is 12.8. The van der Waals surface area contributed by atoms with Crippen LogP contribution in [-0.2, 0) is 14.8 Å². The fourth-order valence-corrected chi connectivity index (χ4v) is 5.01. The summed E-state index contributed by atoms with van der Waals surface area (Å²) in [6.07, 6.45) is 2.69. The van der Waals surface area contributed by atoms with Crippen molar-refractivity contribution in [2.45, 2.75) is 4.90 Å². The Morgan fingerprint density at radius 2 is 1.76 bits per heavy atom. The van der Waals surface area contributed by atoms with E-state index in [1.165, 1.54) is 33.5 Å². The van der Waals surface area contributed by atoms with Crippen LogP contribution in [0.25, 0.3) is 6.08 Å². The number of benzene rings is 2. The van der Waals surface area contributed by atoms with E-state index in [-0.39, 0.29) is 42.7 Å². The molecule has 152 valence electrons. The molecule has 2 aromatic carbocycles. The number of nitrogens with zero attached hydrogens (tertiary/aromatic N) is 3. The Kier molecular flexibility index (Phi) is 6.46. The largest absolute Gasteiger partial charge is 0.337 e. The van der Waals surface area contributed by atoms with Crippen molar-refractivity contribution in [1.29, 1.82) is 0 Å². The van der Waals surface area contributed by atoms with Gasteiger partial charge in [-0.15, -0.1) is 0 Å². The van der Waals surface area contributed by atoms with Crippen molar-refractivity contribution in [1.82, 2.24) is 9.21 Å². The molecule has 8 nitrogen and oxygen atoms in total. The molecule has 0 unspecified atom stereocenters. The molecule has 0 aromatic heterocycles. The number of piperazine rings is 1. The molecule has 1 heterocycles. The van der Waals surface area contributed by atoms with Gasteiger partial charge in [0.25, 0.3) is 5.69 Å². The highest BCUT2D eigenvalue weighted by molar-refractivity contribution is 9.10. The Labute approximate surface area is 176 Å². The first-order valence-electron chi connectivity index (χ1n) is 8.75. The predicted molar refractivity (Wildman–Crippen MR) is 112 cm³/mol. The van der Waals surface area contributed by atoms with Gasteiger partial charge in [0.15, 0.2) is 0 Å². The number of nitro groups is 1. The standard InChI is InChI=1S/C19H18BrN3O5S/c20-16-5-3-6-17(14-16)29(27,28)22-12-10-21(11-13-22)19(24)9-8-15-4-1-2-7-18(15)23(25)26/h1-9,14H,10-13H2/b9-8+. The molecule has 0 bridgehead atoms. The quantitative estimate of drug-likeness (QED) is 0.372. The normalized spacial score (nSPS) is 15.6. The van der Waals surface area contributed by atoms with E-state index in [9.17, 15) is 23.3 Å². The Balaban J connectivity index is 1.65. The van der Waals surface area contributed by atoms with E-state index in [0.29, 0.717) is 10.0 Å². The number of carbonyl (C=O) groups excluding carboxylic acids is 1. The fourth-order valence-electron chi connectivity index (χ4n) is 2.99. The van der Waals surface area contributed by atoms with Crippen LogP contribution in [0.3, 0.4) is 0 Å². The van der Waals surface area contributed by atoms with E-state index < -0.39 is 14.9 Å². The summed E-state index contributed by atoms with van der Waals surface area (Å²) in [6.45, 7) is 0.848. The summed E-state index contributed by atoms with van der Waals surface area (Å²) in [7, 11) is -3.63. The van der Waals surface area contributed by atoms with Gasteiger partial charge in [-0.2, -0.15) is 4.31 Å². The molecule has 29 heavy (non-hydrogen) atoms. The van der Waals surface area contributed by atoms with Gasteiger partial charge in [-0.05, 0) is 30.3 Å². The zero-order valence-corrected chi connectivity index (χ0v) is 17.7. The van der Waals surface area contributed by atoms with E-state index in [0.717, 1.165) is 0 Å². The maximum Gasteiger partial charge on any atom is 0.276 e. The molecule has 0 saturated carbocycles. The third-order valence-corrected chi connectivity index (χ3v) is 6.91. The van der Waals surface area contributed by atoms with Crippen molar-refractivity contribution in [2.75, 3.05) is 26.2 Å².